The number of methoxy groups -OCH3 is 1. The van der Waals surface area contributed by atoms with E-state index in [1.165, 1.54) is 6.92 Å². The van der Waals surface area contributed by atoms with Gasteiger partial charge in [0.05, 0.1) is 0 Å². The Kier molecular flexibility index (Phi) is 13.3. The van der Waals surface area contributed by atoms with Gasteiger partial charge in [0.2, 0.25) is 0 Å². The Morgan fingerprint density at radius 1 is 1.29 bits per heavy atom. The van der Waals surface area contributed by atoms with E-state index < -0.39 is 6.29 Å². The maximum absolute atomic E-state index is 7.61. The second kappa shape index (κ2) is 9.30. The molecule has 0 fully saturated rings. The van der Waals surface area contributed by atoms with Crippen molar-refractivity contribution in [3.05, 3.63) is 0 Å². The summed E-state index contributed by atoms with van der Waals surface area (Å²) in [5.74, 6) is 0. The number of hydrogen-bond donors (Lipinski definition) is 2. The standard InChI is InChI=1S/C2H6O2.C2H6O/c1-2(3)4;1-3-2/h2-4H,1H3;1-2H3. The maximum Gasteiger partial charge on any atom is 0.148 e. The molecule has 7 heavy (non-hydrogen) atoms. The van der Waals surface area contributed by atoms with E-state index in [1.54, 1.807) is 14.2 Å². The van der Waals surface area contributed by atoms with Crippen molar-refractivity contribution in [2.24, 2.45) is 0 Å². The molecule has 0 aromatic heterocycles. The SMILES string of the molecule is CC(O)O.COC. The average Bonchev–Trinajstić information content (AvgIpc) is 1.33. The summed E-state index contributed by atoms with van der Waals surface area (Å²) in [5.41, 5.74) is 0. The van der Waals surface area contributed by atoms with E-state index in [9.17, 15) is 0 Å². The Morgan fingerprint density at radius 3 is 1.29 bits per heavy atom. The summed E-state index contributed by atoms with van der Waals surface area (Å²) in [6, 6.07) is 0. The molecule has 0 heterocycles. The van der Waals surface area contributed by atoms with E-state index in [4.69, 9.17) is 10.2 Å². The highest BCUT2D eigenvalue weighted by Gasteiger charge is 1.70. The fraction of sp³-hybridized carbons (Fsp3) is 1.00. The fourth-order valence-corrected chi connectivity index (χ4v) is 0. The van der Waals surface area contributed by atoms with Crippen LogP contribution in [0.15, 0.2) is 0 Å². The predicted molar refractivity (Wildman–Crippen MR) is 26.8 cm³/mol. The summed E-state index contributed by atoms with van der Waals surface area (Å²) < 4.78 is 4.25. The third kappa shape index (κ3) is 6150. The second-order valence-corrected chi connectivity index (χ2v) is 1.04. The van der Waals surface area contributed by atoms with Gasteiger partial charge in [-0.3, -0.25) is 0 Å². The van der Waals surface area contributed by atoms with Gasteiger partial charge in [-0.05, 0) is 6.92 Å². The second-order valence-electron chi connectivity index (χ2n) is 1.04. The van der Waals surface area contributed by atoms with Crippen LogP contribution < -0.4 is 0 Å². The molecular formula is C4H12O3. The normalized spacial score (nSPS) is 7.71. The van der Waals surface area contributed by atoms with Crippen LogP contribution in [0.1, 0.15) is 6.92 Å². The minimum absolute atomic E-state index is 1.17. The van der Waals surface area contributed by atoms with Gasteiger partial charge < -0.3 is 14.9 Å². The zero-order valence-corrected chi connectivity index (χ0v) is 4.88. The number of aliphatic hydroxyl groups is 2. The highest BCUT2D eigenvalue weighted by molar-refractivity contribution is 4.02. The van der Waals surface area contributed by atoms with Crippen molar-refractivity contribution in [2.75, 3.05) is 14.2 Å². The van der Waals surface area contributed by atoms with Crippen molar-refractivity contribution in [2.45, 2.75) is 13.2 Å². The molecule has 0 aliphatic carbocycles. The van der Waals surface area contributed by atoms with Crippen LogP contribution in [0.2, 0.25) is 0 Å². The number of aliphatic hydroxyl groups excluding tert-OH is 1. The van der Waals surface area contributed by atoms with Crippen LogP contribution in [0.3, 0.4) is 0 Å². The van der Waals surface area contributed by atoms with Gasteiger partial charge in [0.15, 0.2) is 0 Å². The van der Waals surface area contributed by atoms with Gasteiger partial charge in [0, 0.05) is 14.2 Å². The zero-order valence-electron chi connectivity index (χ0n) is 4.88. The lowest BCUT2D eigenvalue weighted by Gasteiger charge is -1.80. The average molecular weight is 108 g/mol. The molecule has 0 saturated heterocycles. The zero-order chi connectivity index (χ0) is 6.28. The molecule has 0 bridgehead atoms. The first-order valence-corrected chi connectivity index (χ1v) is 1.91. The predicted octanol–water partition coefficient (Wildman–Crippen LogP) is -0.420. The highest BCUT2D eigenvalue weighted by Crippen LogP contribution is 1.57. The van der Waals surface area contributed by atoms with Crippen molar-refractivity contribution in [1.82, 2.24) is 0 Å². The molecule has 2 N–H and O–H groups in total. The van der Waals surface area contributed by atoms with Gasteiger partial charge >= 0.3 is 0 Å². The molecule has 0 radical (unpaired) electrons. The van der Waals surface area contributed by atoms with Crippen molar-refractivity contribution in [1.29, 1.82) is 0 Å². The van der Waals surface area contributed by atoms with Crippen LogP contribution in [-0.2, 0) is 4.74 Å². The summed E-state index contributed by atoms with van der Waals surface area (Å²) in [7, 11) is 3.25. The number of ether oxygens (including phenoxy) is 1. The summed E-state index contributed by atoms with van der Waals surface area (Å²) in [6.07, 6.45) is -1.17. The minimum Gasteiger partial charge on any atom is -0.388 e. The lowest BCUT2D eigenvalue weighted by atomic mass is 10.8. The summed E-state index contributed by atoms with van der Waals surface area (Å²) in [4.78, 5) is 0. The first kappa shape index (κ1) is 9.99. The van der Waals surface area contributed by atoms with E-state index in [2.05, 4.69) is 4.74 Å². The third-order valence-electron chi connectivity index (χ3n) is 0. The van der Waals surface area contributed by atoms with Crippen molar-refractivity contribution < 1.29 is 14.9 Å². The maximum atomic E-state index is 7.61. The Bertz CT molecular complexity index is 18.1. The fourth-order valence-electron chi connectivity index (χ4n) is 0. The monoisotopic (exact) mass is 108 g/mol. The van der Waals surface area contributed by atoms with Gasteiger partial charge in [-0.25, -0.2) is 0 Å². The van der Waals surface area contributed by atoms with Crippen LogP contribution in [-0.4, -0.2) is 30.7 Å². The molecule has 46 valence electrons. The van der Waals surface area contributed by atoms with Gasteiger partial charge in [-0.15, -0.1) is 0 Å². The third-order valence-corrected chi connectivity index (χ3v) is 0. The Labute approximate surface area is 43.5 Å². The summed E-state index contributed by atoms with van der Waals surface area (Å²) in [5, 5.41) is 15.2. The topological polar surface area (TPSA) is 49.7 Å². The largest absolute Gasteiger partial charge is 0.388 e. The Morgan fingerprint density at radius 2 is 1.29 bits per heavy atom. The van der Waals surface area contributed by atoms with Crippen LogP contribution >= 0.6 is 0 Å². The Balaban J connectivity index is 0. The molecule has 0 aliphatic heterocycles. The molecule has 0 aromatic rings. The van der Waals surface area contributed by atoms with Gasteiger partial charge in [-0.1, -0.05) is 0 Å². The lowest BCUT2D eigenvalue weighted by molar-refractivity contribution is -0.0228. The number of rotatable bonds is 0. The molecule has 0 saturated carbocycles. The van der Waals surface area contributed by atoms with Gasteiger partial charge in [0.25, 0.3) is 0 Å². The molecule has 0 amide bonds. The molecular weight excluding hydrogens is 96.0 g/mol. The van der Waals surface area contributed by atoms with Crippen molar-refractivity contribution in [3.8, 4) is 0 Å². The van der Waals surface area contributed by atoms with E-state index in [0.29, 0.717) is 0 Å². The molecule has 0 aromatic carbocycles. The van der Waals surface area contributed by atoms with E-state index in [-0.39, 0.29) is 0 Å². The first-order valence-electron chi connectivity index (χ1n) is 1.91. The van der Waals surface area contributed by atoms with Crippen LogP contribution in [0.5, 0.6) is 0 Å². The molecule has 3 heteroatoms. The van der Waals surface area contributed by atoms with E-state index >= 15 is 0 Å². The molecule has 0 rings (SSSR count). The smallest absolute Gasteiger partial charge is 0.148 e. The first-order chi connectivity index (χ1) is 3.15. The molecule has 0 aliphatic rings. The highest BCUT2D eigenvalue weighted by atomic mass is 16.5. The molecule has 0 spiro atoms. The van der Waals surface area contributed by atoms with Crippen LogP contribution in [0.4, 0.5) is 0 Å². The molecule has 0 unspecified atom stereocenters. The minimum atomic E-state index is -1.17. The van der Waals surface area contributed by atoms with Crippen molar-refractivity contribution >= 4 is 0 Å². The lowest BCUT2D eigenvalue weighted by Crippen LogP contribution is -1.92. The van der Waals surface area contributed by atoms with Gasteiger partial charge in [-0.2, -0.15) is 0 Å². The van der Waals surface area contributed by atoms with E-state index in [1.807, 2.05) is 0 Å². The Hall–Kier alpha value is -0.120. The molecule has 0 atom stereocenters. The quantitative estimate of drug-likeness (QED) is 0.414. The number of hydrogen-bond acceptors (Lipinski definition) is 3. The summed E-state index contributed by atoms with van der Waals surface area (Å²) >= 11 is 0. The van der Waals surface area contributed by atoms with Gasteiger partial charge in [0.1, 0.15) is 6.29 Å². The summed E-state index contributed by atoms with van der Waals surface area (Å²) in [6.45, 7) is 1.28. The van der Waals surface area contributed by atoms with Crippen LogP contribution in [0, 0.1) is 0 Å². The van der Waals surface area contributed by atoms with Crippen LogP contribution in [0.25, 0.3) is 0 Å². The van der Waals surface area contributed by atoms with Crippen molar-refractivity contribution in [3.63, 3.8) is 0 Å². The van der Waals surface area contributed by atoms with E-state index in [0.717, 1.165) is 0 Å². The molecule has 3 nitrogen and oxygen atoms in total.